The van der Waals surface area contributed by atoms with Gasteiger partial charge in [-0.1, -0.05) is 78.2 Å². The SMILES string of the molecule is CCc1ccc(N2C(=O)[C@H]3[C@H](CC=C4[C@H]3C[C@H]3C(=O)N(Nc5ccc(Cl)cc5Cl)C(=O)[C@@]3(c3ccc(OC)cc3)[C@H]4c3ccc(O)cc3)C2=O)cc1. The van der Waals surface area contributed by atoms with Crippen molar-refractivity contribution in [1.82, 2.24) is 5.01 Å². The molecule has 2 saturated heterocycles. The second-order valence-electron chi connectivity index (χ2n) is 13.8. The molecule has 0 unspecified atom stereocenters. The maximum Gasteiger partial charge on any atom is 0.260 e. The van der Waals surface area contributed by atoms with Gasteiger partial charge in [-0.3, -0.25) is 29.5 Å². The van der Waals surface area contributed by atoms with Crippen LogP contribution < -0.4 is 15.1 Å². The molecule has 2 aliphatic heterocycles. The topological polar surface area (TPSA) is 116 Å². The number of phenolic OH excluding ortho intramolecular Hbond substituents is 1. The Morgan fingerprint density at radius 2 is 1.58 bits per heavy atom. The molecule has 0 bridgehead atoms. The van der Waals surface area contributed by atoms with Crippen molar-refractivity contribution in [3.63, 3.8) is 0 Å². The van der Waals surface area contributed by atoms with Gasteiger partial charge in [-0.15, -0.1) is 0 Å². The first kappa shape index (κ1) is 34.0. The van der Waals surface area contributed by atoms with Gasteiger partial charge in [-0.05, 0) is 96.5 Å². The number of aryl methyl sites for hydroxylation is 1. The Balaban J connectivity index is 1.30. The normalized spacial score (nSPS) is 26.5. The second kappa shape index (κ2) is 12.8. The number of carbonyl (C=O) groups excluding carboxylic acids is 4. The van der Waals surface area contributed by atoms with Crippen LogP contribution in [0, 0.1) is 23.7 Å². The molecule has 4 aromatic rings. The average Bonchev–Trinajstić information content (AvgIpc) is 3.53. The number of aromatic hydroxyl groups is 1. The highest BCUT2D eigenvalue weighted by Crippen LogP contribution is 2.64. The van der Waals surface area contributed by atoms with Crippen molar-refractivity contribution >= 4 is 58.2 Å². The summed E-state index contributed by atoms with van der Waals surface area (Å²) < 4.78 is 5.46. The third-order valence-corrected chi connectivity index (χ3v) is 12.0. The number of hydrazine groups is 1. The van der Waals surface area contributed by atoms with Gasteiger partial charge >= 0.3 is 0 Å². The van der Waals surface area contributed by atoms with E-state index in [4.69, 9.17) is 27.9 Å². The Morgan fingerprint density at radius 1 is 0.865 bits per heavy atom. The minimum absolute atomic E-state index is 0.0413. The Labute approximate surface area is 310 Å². The van der Waals surface area contributed by atoms with E-state index in [0.717, 1.165) is 22.6 Å². The lowest BCUT2D eigenvalue weighted by Crippen LogP contribution is -2.53. The van der Waals surface area contributed by atoms with Crippen molar-refractivity contribution in [2.45, 2.75) is 37.5 Å². The van der Waals surface area contributed by atoms with E-state index in [0.29, 0.717) is 39.7 Å². The van der Waals surface area contributed by atoms with E-state index in [2.05, 4.69) is 5.43 Å². The van der Waals surface area contributed by atoms with Crippen LogP contribution in [0.1, 0.15) is 42.4 Å². The maximum atomic E-state index is 15.3. The number of amides is 4. The van der Waals surface area contributed by atoms with Gasteiger partial charge in [-0.25, -0.2) is 0 Å². The van der Waals surface area contributed by atoms with Gasteiger partial charge in [0.15, 0.2) is 0 Å². The van der Waals surface area contributed by atoms with Crippen LogP contribution in [0.25, 0.3) is 0 Å². The number of phenols is 1. The third kappa shape index (κ3) is 5.04. The number of methoxy groups -OCH3 is 1. The molecule has 9 nitrogen and oxygen atoms in total. The Kier molecular flexibility index (Phi) is 8.38. The van der Waals surface area contributed by atoms with Crippen LogP contribution >= 0.6 is 23.2 Å². The van der Waals surface area contributed by atoms with E-state index in [-0.39, 0.29) is 29.0 Å². The van der Waals surface area contributed by atoms with Crippen LogP contribution in [0.15, 0.2) is 103 Å². The maximum absolute atomic E-state index is 15.3. The van der Waals surface area contributed by atoms with Crippen molar-refractivity contribution in [1.29, 1.82) is 0 Å². The van der Waals surface area contributed by atoms with Crippen LogP contribution in [0.4, 0.5) is 11.4 Å². The zero-order valence-corrected chi connectivity index (χ0v) is 29.9. The minimum atomic E-state index is -1.48. The zero-order valence-electron chi connectivity index (χ0n) is 28.4. The number of fused-ring (bicyclic) bond motifs is 4. The van der Waals surface area contributed by atoms with E-state index >= 15 is 4.79 Å². The number of rotatable bonds is 7. The van der Waals surface area contributed by atoms with Gasteiger partial charge in [0.1, 0.15) is 11.5 Å². The van der Waals surface area contributed by atoms with Crippen molar-refractivity contribution < 1.29 is 29.0 Å². The quantitative estimate of drug-likeness (QED) is 0.150. The summed E-state index contributed by atoms with van der Waals surface area (Å²) in [6.07, 6.45) is 3.27. The number of halogens is 2. The molecule has 4 aliphatic rings. The van der Waals surface area contributed by atoms with E-state index in [1.165, 1.54) is 11.0 Å². The fraction of sp³-hybridized carbons (Fsp3) is 0.268. The van der Waals surface area contributed by atoms with E-state index in [1.807, 2.05) is 37.3 Å². The van der Waals surface area contributed by atoms with Gasteiger partial charge in [-0.2, -0.15) is 5.01 Å². The highest BCUT2D eigenvalue weighted by Gasteiger charge is 2.70. The average molecular weight is 737 g/mol. The summed E-state index contributed by atoms with van der Waals surface area (Å²) in [7, 11) is 1.55. The van der Waals surface area contributed by atoms with Crippen molar-refractivity contribution in [3.8, 4) is 11.5 Å². The molecule has 3 fully saturated rings. The van der Waals surface area contributed by atoms with E-state index < -0.39 is 46.8 Å². The first-order valence-electron chi connectivity index (χ1n) is 17.3. The number of nitrogens with one attached hydrogen (secondary N) is 1. The molecule has 0 radical (unpaired) electrons. The van der Waals surface area contributed by atoms with E-state index in [9.17, 15) is 19.5 Å². The molecule has 264 valence electrons. The molecule has 0 aromatic heterocycles. The fourth-order valence-corrected chi connectivity index (χ4v) is 9.47. The molecule has 6 atom stereocenters. The first-order chi connectivity index (χ1) is 25.1. The third-order valence-electron chi connectivity index (χ3n) is 11.4. The van der Waals surface area contributed by atoms with Crippen LogP contribution in [-0.4, -0.2) is 40.9 Å². The molecule has 4 amide bonds. The number of hydrogen-bond acceptors (Lipinski definition) is 7. The summed E-state index contributed by atoms with van der Waals surface area (Å²) in [6, 6.07) is 25.9. The van der Waals surface area contributed by atoms with Gasteiger partial charge in [0, 0.05) is 10.9 Å². The molecule has 4 aromatic carbocycles. The monoisotopic (exact) mass is 735 g/mol. The predicted molar refractivity (Wildman–Crippen MR) is 197 cm³/mol. The number of anilines is 2. The van der Waals surface area contributed by atoms with Gasteiger partial charge < -0.3 is 9.84 Å². The zero-order chi connectivity index (χ0) is 36.5. The van der Waals surface area contributed by atoms with Crippen LogP contribution in [0.3, 0.4) is 0 Å². The lowest BCUT2D eigenvalue weighted by atomic mass is 9.49. The van der Waals surface area contributed by atoms with Crippen molar-refractivity contribution in [3.05, 3.63) is 129 Å². The van der Waals surface area contributed by atoms with Gasteiger partial charge in [0.25, 0.3) is 11.8 Å². The summed E-state index contributed by atoms with van der Waals surface area (Å²) in [6.45, 7) is 2.04. The smallest absolute Gasteiger partial charge is 0.260 e. The lowest BCUT2D eigenvalue weighted by molar-refractivity contribution is -0.138. The first-order valence-corrected chi connectivity index (χ1v) is 18.0. The number of allylic oxidation sites excluding steroid dienone is 2. The Hall–Kier alpha value is -5.12. The van der Waals surface area contributed by atoms with Crippen molar-refractivity contribution in [2.24, 2.45) is 23.7 Å². The largest absolute Gasteiger partial charge is 0.508 e. The number of hydrogen-bond donors (Lipinski definition) is 2. The summed E-state index contributed by atoms with van der Waals surface area (Å²) in [5.74, 6) is -4.51. The number of carbonyl (C=O) groups is 4. The van der Waals surface area contributed by atoms with E-state index in [1.54, 1.807) is 67.8 Å². The number of nitrogens with zero attached hydrogens (tertiary/aromatic N) is 2. The number of imide groups is 2. The number of ether oxygens (including phenoxy) is 1. The predicted octanol–water partition coefficient (Wildman–Crippen LogP) is 7.46. The second-order valence-corrected chi connectivity index (χ2v) is 14.7. The molecule has 1 saturated carbocycles. The molecular formula is C41H35Cl2N3O6. The molecule has 2 aliphatic carbocycles. The summed E-state index contributed by atoms with van der Waals surface area (Å²) in [4.78, 5) is 60.0. The van der Waals surface area contributed by atoms with Gasteiger partial charge in [0.2, 0.25) is 11.8 Å². The Bertz CT molecular complexity index is 2150. The highest BCUT2D eigenvalue weighted by atomic mass is 35.5. The molecule has 2 heterocycles. The summed E-state index contributed by atoms with van der Waals surface area (Å²) in [5.41, 5.74) is 5.53. The molecule has 2 N–H and O–H groups in total. The van der Waals surface area contributed by atoms with Crippen LogP contribution in [0.5, 0.6) is 11.5 Å². The highest BCUT2D eigenvalue weighted by molar-refractivity contribution is 6.36. The number of benzene rings is 4. The molecule has 52 heavy (non-hydrogen) atoms. The van der Waals surface area contributed by atoms with Gasteiger partial charge in [0.05, 0.1) is 46.7 Å². The fourth-order valence-electron chi connectivity index (χ4n) is 9.02. The molecular weight excluding hydrogens is 701 g/mol. The van der Waals surface area contributed by atoms with Crippen LogP contribution in [-0.2, 0) is 31.0 Å². The van der Waals surface area contributed by atoms with Crippen LogP contribution in [0.2, 0.25) is 10.0 Å². The summed E-state index contributed by atoms with van der Waals surface area (Å²) in [5, 5.41) is 12.0. The van der Waals surface area contributed by atoms with Crippen molar-refractivity contribution in [2.75, 3.05) is 17.4 Å². The lowest BCUT2D eigenvalue weighted by Gasteiger charge is -2.50. The minimum Gasteiger partial charge on any atom is -0.508 e. The molecule has 8 rings (SSSR count). The standard InChI is InChI=1S/C41H35Cl2N3O6/c1-3-22-4-11-26(12-5-22)45-37(48)30-18-17-29-31(35(30)39(45)50)21-32-38(49)46(44-34-19-10-25(42)20-33(34)43)40(51)41(32,24-8-15-28(52-2)16-9-24)36(29)23-6-13-27(47)14-7-23/h4-17,19-20,30-32,35-36,44,47H,3,18,21H2,1-2H3/t30-,31+,32-,35-,36-,41+/m0/s1. The Morgan fingerprint density at radius 3 is 2.23 bits per heavy atom. The molecule has 0 spiro atoms. The summed E-state index contributed by atoms with van der Waals surface area (Å²) >= 11 is 12.7. The molecule has 11 heteroatoms.